The third kappa shape index (κ3) is 5.57. The summed E-state index contributed by atoms with van der Waals surface area (Å²) in [5.74, 6) is 1.71. The minimum Gasteiger partial charge on any atom is -0.344 e. The van der Waals surface area contributed by atoms with Crippen LogP contribution in [0.4, 0.5) is 14.6 Å². The number of hydrogen-bond donors (Lipinski definition) is 5. The minimum atomic E-state index is -0.903. The molecule has 144 valence electrons. The number of amides is 3. The van der Waals surface area contributed by atoms with Crippen molar-refractivity contribution in [1.29, 1.82) is 0 Å². The Hall–Kier alpha value is -3.34. The van der Waals surface area contributed by atoms with Gasteiger partial charge in [0.1, 0.15) is 23.4 Å². The van der Waals surface area contributed by atoms with Crippen molar-refractivity contribution in [3.05, 3.63) is 47.2 Å². The van der Waals surface area contributed by atoms with E-state index in [0.29, 0.717) is 6.07 Å². The molecule has 27 heavy (non-hydrogen) atoms. The summed E-state index contributed by atoms with van der Waals surface area (Å²) < 4.78 is 26.4. The molecule has 0 saturated heterocycles. The minimum absolute atomic E-state index is 0.0398. The number of halogens is 2. The lowest BCUT2D eigenvalue weighted by Crippen LogP contribution is -2.44. The monoisotopic (exact) mass is 380 g/mol. The first kappa shape index (κ1) is 20.0. The van der Waals surface area contributed by atoms with Crippen molar-refractivity contribution in [3.63, 3.8) is 0 Å². The summed E-state index contributed by atoms with van der Waals surface area (Å²) in [7, 11) is 0. The highest BCUT2D eigenvalue weighted by atomic mass is 19.1. The molecule has 0 aliphatic heterocycles. The molecule has 1 atom stereocenters. The van der Waals surface area contributed by atoms with E-state index in [-0.39, 0.29) is 29.9 Å². The number of nitrogens with two attached hydrogens (primary N) is 1. The van der Waals surface area contributed by atoms with E-state index in [1.807, 2.05) is 5.43 Å². The molecule has 0 aliphatic rings. The van der Waals surface area contributed by atoms with Gasteiger partial charge in [0.05, 0.1) is 6.42 Å². The first-order valence-corrected chi connectivity index (χ1v) is 7.94. The maximum atomic E-state index is 13.2. The Kier molecular flexibility index (Phi) is 6.55. The number of nitrogen functional groups attached to an aromatic ring is 1. The number of aromatic nitrogens is 2. The van der Waals surface area contributed by atoms with Crippen LogP contribution in [0.2, 0.25) is 0 Å². The summed E-state index contributed by atoms with van der Waals surface area (Å²) in [6, 6.07) is 3.14. The number of aromatic amines is 1. The number of hydrazine groups is 1. The third-order valence-electron chi connectivity index (χ3n) is 3.55. The van der Waals surface area contributed by atoms with Crippen LogP contribution in [0.15, 0.2) is 24.3 Å². The van der Waals surface area contributed by atoms with Gasteiger partial charge < -0.3 is 10.6 Å². The third-order valence-corrected chi connectivity index (χ3v) is 3.55. The van der Waals surface area contributed by atoms with Gasteiger partial charge >= 0.3 is 0 Å². The molecule has 0 spiro atoms. The summed E-state index contributed by atoms with van der Waals surface area (Å²) in [4.78, 5) is 35.7. The molecular formula is C16H18F2N6O3. The average Bonchev–Trinajstić information content (AvgIpc) is 3.06. The van der Waals surface area contributed by atoms with E-state index in [2.05, 4.69) is 20.8 Å². The van der Waals surface area contributed by atoms with Gasteiger partial charge in [-0.2, -0.15) is 5.10 Å². The number of benzene rings is 1. The Morgan fingerprint density at radius 1 is 1.19 bits per heavy atom. The van der Waals surface area contributed by atoms with Crippen molar-refractivity contribution >= 4 is 23.5 Å². The highest BCUT2D eigenvalue weighted by molar-refractivity contribution is 5.98. The molecule has 6 N–H and O–H groups in total. The second-order valence-electron chi connectivity index (χ2n) is 5.61. The van der Waals surface area contributed by atoms with Crippen LogP contribution in [0.5, 0.6) is 0 Å². The van der Waals surface area contributed by atoms with Gasteiger partial charge in [-0.1, -0.05) is 6.92 Å². The molecule has 0 bridgehead atoms. The molecule has 3 amide bonds. The number of carbonyl (C=O) groups is 3. The van der Waals surface area contributed by atoms with Crippen molar-refractivity contribution in [2.75, 3.05) is 5.32 Å². The number of hydrogen-bond acceptors (Lipinski definition) is 5. The van der Waals surface area contributed by atoms with Gasteiger partial charge in [0.25, 0.3) is 5.91 Å². The zero-order valence-corrected chi connectivity index (χ0v) is 14.3. The molecule has 1 heterocycles. The van der Waals surface area contributed by atoms with Gasteiger partial charge in [-0.05, 0) is 24.1 Å². The lowest BCUT2D eigenvalue weighted by molar-refractivity contribution is -0.126. The molecule has 0 fully saturated rings. The molecule has 0 saturated carbocycles. The summed E-state index contributed by atoms with van der Waals surface area (Å²) >= 11 is 0. The molecular weight excluding hydrogens is 362 g/mol. The number of anilines is 1. The van der Waals surface area contributed by atoms with Gasteiger partial charge in [0, 0.05) is 12.1 Å². The van der Waals surface area contributed by atoms with Crippen LogP contribution in [0.3, 0.4) is 0 Å². The zero-order valence-electron chi connectivity index (χ0n) is 14.3. The van der Waals surface area contributed by atoms with Crippen molar-refractivity contribution < 1.29 is 23.2 Å². The van der Waals surface area contributed by atoms with Crippen molar-refractivity contribution in [1.82, 2.24) is 20.9 Å². The Balaban J connectivity index is 1.96. The van der Waals surface area contributed by atoms with Crippen LogP contribution in [-0.4, -0.2) is 34.0 Å². The Labute approximate surface area is 152 Å². The highest BCUT2D eigenvalue weighted by Gasteiger charge is 2.20. The molecule has 9 nitrogen and oxygen atoms in total. The summed E-state index contributed by atoms with van der Waals surface area (Å²) in [5, 5.41) is 11.1. The van der Waals surface area contributed by atoms with Gasteiger partial charge in [0.15, 0.2) is 5.82 Å². The molecule has 11 heteroatoms. The molecule has 1 unspecified atom stereocenters. The van der Waals surface area contributed by atoms with E-state index >= 15 is 0 Å². The fourth-order valence-corrected chi connectivity index (χ4v) is 2.29. The molecule has 1 aromatic carbocycles. The Morgan fingerprint density at radius 3 is 2.44 bits per heavy atom. The SMILES string of the molecule is CCC(NC(=O)Cc1cc(F)cc(F)c1)C(=O)Nc1cc(C(=O)NN)[nH]n1. The normalized spacial score (nSPS) is 11.6. The quantitative estimate of drug-likeness (QED) is 0.268. The predicted molar refractivity (Wildman–Crippen MR) is 91.2 cm³/mol. The number of nitrogens with one attached hydrogen (secondary N) is 4. The lowest BCUT2D eigenvalue weighted by atomic mass is 10.1. The summed E-state index contributed by atoms with van der Waals surface area (Å²) in [6.45, 7) is 1.67. The highest BCUT2D eigenvalue weighted by Crippen LogP contribution is 2.10. The topological polar surface area (TPSA) is 142 Å². The Bertz CT molecular complexity index is 834. The molecule has 0 radical (unpaired) electrons. The van der Waals surface area contributed by atoms with E-state index in [1.54, 1.807) is 6.92 Å². The van der Waals surface area contributed by atoms with E-state index in [9.17, 15) is 23.2 Å². The van der Waals surface area contributed by atoms with Crippen LogP contribution >= 0.6 is 0 Å². The van der Waals surface area contributed by atoms with Crippen molar-refractivity contribution in [2.45, 2.75) is 25.8 Å². The number of carbonyl (C=O) groups excluding carboxylic acids is 3. The van der Waals surface area contributed by atoms with Crippen LogP contribution in [0.1, 0.15) is 29.4 Å². The van der Waals surface area contributed by atoms with Crippen LogP contribution in [0, 0.1) is 11.6 Å². The van der Waals surface area contributed by atoms with Crippen LogP contribution in [0.25, 0.3) is 0 Å². The maximum absolute atomic E-state index is 13.2. The second kappa shape index (κ2) is 8.85. The number of rotatable bonds is 7. The summed E-state index contributed by atoms with van der Waals surface area (Å²) in [5.41, 5.74) is 2.09. The fourth-order valence-electron chi connectivity index (χ4n) is 2.29. The molecule has 2 aromatic rings. The smallest absolute Gasteiger partial charge is 0.283 e. The lowest BCUT2D eigenvalue weighted by Gasteiger charge is -2.16. The van der Waals surface area contributed by atoms with E-state index in [1.165, 1.54) is 6.07 Å². The van der Waals surface area contributed by atoms with Crippen molar-refractivity contribution in [2.24, 2.45) is 5.84 Å². The maximum Gasteiger partial charge on any atom is 0.283 e. The second-order valence-corrected chi connectivity index (χ2v) is 5.61. The standard InChI is InChI=1S/C16H18F2N6O3/c1-2-11(15(26)21-13-7-12(23-24-13)16(27)22-19)20-14(25)5-8-3-9(17)6-10(18)4-8/h3-4,6-7,11H,2,5,19H2,1H3,(H,20,25)(H,22,27)(H2,21,23,24,26). The van der Waals surface area contributed by atoms with Crippen molar-refractivity contribution in [3.8, 4) is 0 Å². The molecule has 0 aliphatic carbocycles. The van der Waals surface area contributed by atoms with Gasteiger partial charge in [-0.25, -0.2) is 14.6 Å². The Morgan fingerprint density at radius 2 is 1.85 bits per heavy atom. The largest absolute Gasteiger partial charge is 0.344 e. The average molecular weight is 380 g/mol. The van der Waals surface area contributed by atoms with E-state index < -0.39 is 35.4 Å². The van der Waals surface area contributed by atoms with Gasteiger partial charge in [0.2, 0.25) is 11.8 Å². The molecule has 1 aromatic heterocycles. The predicted octanol–water partition coefficient (Wildman–Crippen LogP) is 0.367. The first-order valence-electron chi connectivity index (χ1n) is 7.94. The fraction of sp³-hybridized carbons (Fsp3) is 0.250. The first-order chi connectivity index (χ1) is 12.8. The zero-order chi connectivity index (χ0) is 20.0. The number of H-pyrrole nitrogens is 1. The van der Waals surface area contributed by atoms with Gasteiger partial charge in [-0.3, -0.25) is 24.9 Å². The molecule has 2 rings (SSSR count). The van der Waals surface area contributed by atoms with Crippen LogP contribution in [-0.2, 0) is 16.0 Å². The van der Waals surface area contributed by atoms with E-state index in [0.717, 1.165) is 12.1 Å². The number of nitrogens with zero attached hydrogens (tertiary/aromatic N) is 1. The summed E-state index contributed by atoms with van der Waals surface area (Å²) in [6.07, 6.45) is -0.0304. The van der Waals surface area contributed by atoms with Gasteiger partial charge in [-0.15, -0.1) is 0 Å². The van der Waals surface area contributed by atoms with Crippen LogP contribution < -0.4 is 21.9 Å². The van der Waals surface area contributed by atoms with E-state index in [4.69, 9.17) is 5.84 Å².